The van der Waals surface area contributed by atoms with Crippen molar-refractivity contribution in [3.8, 4) is 11.5 Å². The second-order valence-electron chi connectivity index (χ2n) is 6.48. The summed E-state index contributed by atoms with van der Waals surface area (Å²) >= 11 is 0. The zero-order valence-corrected chi connectivity index (χ0v) is 16.0. The lowest BCUT2D eigenvalue weighted by molar-refractivity contribution is 0.354. The van der Waals surface area contributed by atoms with E-state index >= 15 is 0 Å². The number of benzene rings is 3. The Hall–Kier alpha value is -3.53. The van der Waals surface area contributed by atoms with Crippen molar-refractivity contribution in [1.29, 1.82) is 0 Å². The van der Waals surface area contributed by atoms with Gasteiger partial charge in [-0.05, 0) is 41.5 Å². The lowest BCUT2D eigenvalue weighted by Crippen LogP contribution is -2.03. The van der Waals surface area contributed by atoms with Gasteiger partial charge in [0.1, 0.15) is 5.82 Å². The smallest absolute Gasteiger partial charge is 0.161 e. The third-order valence-electron chi connectivity index (χ3n) is 4.70. The number of imidazole rings is 1. The average Bonchev–Trinajstić information content (AvgIpc) is 3.10. The number of aromatic nitrogens is 2. The Morgan fingerprint density at radius 2 is 1.57 bits per heavy atom. The molecule has 1 aromatic heterocycles. The maximum atomic E-state index is 5.46. The van der Waals surface area contributed by atoms with Gasteiger partial charge in [0.2, 0.25) is 0 Å². The van der Waals surface area contributed by atoms with Crippen LogP contribution in [0, 0.1) is 0 Å². The zero-order chi connectivity index (χ0) is 19.3. The number of methoxy groups -OCH3 is 2. The highest BCUT2D eigenvalue weighted by Gasteiger charge is 2.11. The van der Waals surface area contributed by atoms with Gasteiger partial charge >= 0.3 is 0 Å². The summed E-state index contributed by atoms with van der Waals surface area (Å²) in [6.45, 7) is 0.690. The van der Waals surface area contributed by atoms with E-state index in [1.165, 1.54) is 0 Å². The zero-order valence-electron chi connectivity index (χ0n) is 16.0. The molecule has 3 aromatic carbocycles. The molecule has 0 radical (unpaired) electrons. The summed E-state index contributed by atoms with van der Waals surface area (Å²) in [6, 6.07) is 24.5. The minimum absolute atomic E-state index is 0.690. The van der Waals surface area contributed by atoms with E-state index in [0.717, 1.165) is 39.5 Å². The lowest BCUT2D eigenvalue weighted by atomic mass is 10.2. The van der Waals surface area contributed by atoms with E-state index in [0.29, 0.717) is 6.54 Å². The third-order valence-corrected chi connectivity index (χ3v) is 4.70. The molecule has 1 heterocycles. The van der Waals surface area contributed by atoms with Crippen LogP contribution in [-0.4, -0.2) is 23.8 Å². The van der Waals surface area contributed by atoms with Gasteiger partial charge in [0.15, 0.2) is 11.5 Å². The van der Waals surface area contributed by atoms with Crippen molar-refractivity contribution >= 4 is 23.2 Å². The summed E-state index contributed by atoms with van der Waals surface area (Å²) in [5.74, 6) is 2.37. The van der Waals surface area contributed by atoms with E-state index in [9.17, 15) is 0 Å². The summed E-state index contributed by atoms with van der Waals surface area (Å²) in [4.78, 5) is 4.82. The largest absolute Gasteiger partial charge is 0.493 e. The molecule has 140 valence electrons. The van der Waals surface area contributed by atoms with Gasteiger partial charge in [0.25, 0.3) is 0 Å². The molecule has 4 aromatic rings. The molecule has 0 amide bonds. The number of hydrogen-bond acceptors (Lipinski definition) is 3. The van der Waals surface area contributed by atoms with E-state index in [4.69, 9.17) is 14.5 Å². The second-order valence-corrected chi connectivity index (χ2v) is 6.48. The van der Waals surface area contributed by atoms with Gasteiger partial charge in [-0.3, -0.25) is 0 Å². The summed E-state index contributed by atoms with van der Waals surface area (Å²) in [5.41, 5.74) is 4.35. The van der Waals surface area contributed by atoms with E-state index in [2.05, 4.69) is 41.0 Å². The predicted octanol–water partition coefficient (Wildman–Crippen LogP) is 5.27. The Balaban J connectivity index is 1.74. The molecular formula is C24H22N2O2. The van der Waals surface area contributed by atoms with Crippen LogP contribution < -0.4 is 9.47 Å². The van der Waals surface area contributed by atoms with E-state index in [-0.39, 0.29) is 0 Å². The number of nitrogens with zero attached hydrogens (tertiary/aromatic N) is 2. The molecule has 0 fully saturated rings. The van der Waals surface area contributed by atoms with Crippen molar-refractivity contribution in [2.24, 2.45) is 0 Å². The Morgan fingerprint density at radius 1 is 0.821 bits per heavy atom. The normalized spacial score (nSPS) is 11.2. The Morgan fingerprint density at radius 3 is 2.36 bits per heavy atom. The first kappa shape index (κ1) is 17.9. The Kier molecular flexibility index (Phi) is 5.11. The fraction of sp³-hybridized carbons (Fsp3) is 0.125. The predicted molar refractivity (Wildman–Crippen MR) is 114 cm³/mol. The van der Waals surface area contributed by atoms with Crippen LogP contribution in [0.3, 0.4) is 0 Å². The monoisotopic (exact) mass is 370 g/mol. The minimum Gasteiger partial charge on any atom is -0.493 e. The van der Waals surface area contributed by atoms with Crippen molar-refractivity contribution in [1.82, 2.24) is 9.55 Å². The molecule has 0 bridgehead atoms. The molecule has 0 aliphatic heterocycles. The summed E-state index contributed by atoms with van der Waals surface area (Å²) in [6.07, 6.45) is 4.16. The molecule has 0 unspecified atom stereocenters. The first-order valence-electron chi connectivity index (χ1n) is 9.18. The molecular weight excluding hydrogens is 348 g/mol. The number of fused-ring (bicyclic) bond motifs is 1. The van der Waals surface area contributed by atoms with Gasteiger partial charge in [0.05, 0.1) is 25.3 Å². The van der Waals surface area contributed by atoms with Crippen LogP contribution in [0.5, 0.6) is 11.5 Å². The number of hydrogen-bond donors (Lipinski definition) is 0. The molecule has 0 spiro atoms. The van der Waals surface area contributed by atoms with Crippen LogP contribution in [0.25, 0.3) is 23.2 Å². The molecule has 4 rings (SSSR count). The van der Waals surface area contributed by atoms with Crippen molar-refractivity contribution in [2.75, 3.05) is 14.2 Å². The Bertz CT molecular complexity index is 1110. The number of ether oxygens (including phenoxy) is 2. The summed E-state index contributed by atoms with van der Waals surface area (Å²) in [7, 11) is 3.30. The molecule has 28 heavy (non-hydrogen) atoms. The second kappa shape index (κ2) is 8.01. The van der Waals surface area contributed by atoms with Gasteiger partial charge in [-0.15, -0.1) is 0 Å². The van der Waals surface area contributed by atoms with Crippen LogP contribution in [0.15, 0.2) is 72.8 Å². The van der Waals surface area contributed by atoms with E-state index < -0.39 is 0 Å². The van der Waals surface area contributed by atoms with Gasteiger partial charge in [-0.1, -0.05) is 54.6 Å². The molecule has 0 aliphatic carbocycles. The van der Waals surface area contributed by atoms with Gasteiger partial charge in [-0.2, -0.15) is 0 Å². The molecule has 0 saturated heterocycles. The number of para-hydroxylation sites is 2. The van der Waals surface area contributed by atoms with Gasteiger partial charge in [-0.25, -0.2) is 4.98 Å². The van der Waals surface area contributed by atoms with Crippen LogP contribution in [0.4, 0.5) is 0 Å². The molecule has 4 nitrogen and oxygen atoms in total. The highest BCUT2D eigenvalue weighted by atomic mass is 16.5. The minimum atomic E-state index is 0.690. The SMILES string of the molecule is COc1ccc(Cn2c(/C=C/c3ccccc3)nc3ccccc32)cc1OC. The lowest BCUT2D eigenvalue weighted by Gasteiger charge is -2.11. The molecule has 0 saturated carbocycles. The van der Waals surface area contributed by atoms with Crippen LogP contribution >= 0.6 is 0 Å². The first-order valence-corrected chi connectivity index (χ1v) is 9.18. The van der Waals surface area contributed by atoms with Crippen molar-refractivity contribution in [3.05, 3.63) is 89.7 Å². The quantitative estimate of drug-likeness (QED) is 0.464. The highest BCUT2D eigenvalue weighted by Crippen LogP contribution is 2.29. The van der Waals surface area contributed by atoms with Crippen LogP contribution in [0.2, 0.25) is 0 Å². The molecule has 4 heteroatoms. The molecule has 0 N–H and O–H groups in total. The summed E-state index contributed by atoms with van der Waals surface area (Å²) < 4.78 is 13.0. The van der Waals surface area contributed by atoms with Crippen LogP contribution in [0.1, 0.15) is 17.0 Å². The van der Waals surface area contributed by atoms with Crippen LogP contribution in [-0.2, 0) is 6.54 Å². The van der Waals surface area contributed by atoms with Crippen molar-refractivity contribution < 1.29 is 9.47 Å². The highest BCUT2D eigenvalue weighted by molar-refractivity contribution is 5.80. The standard InChI is InChI=1S/C24H22N2O2/c1-27-22-14-12-19(16-23(22)28-2)17-26-21-11-7-6-10-20(21)25-24(26)15-13-18-8-4-3-5-9-18/h3-16H,17H2,1-2H3/b15-13+. The fourth-order valence-corrected chi connectivity index (χ4v) is 3.28. The summed E-state index contributed by atoms with van der Waals surface area (Å²) in [5, 5.41) is 0. The molecule has 0 atom stereocenters. The maximum absolute atomic E-state index is 5.46. The van der Waals surface area contributed by atoms with Gasteiger partial charge in [0, 0.05) is 6.54 Å². The van der Waals surface area contributed by atoms with Crippen molar-refractivity contribution in [2.45, 2.75) is 6.54 Å². The topological polar surface area (TPSA) is 36.3 Å². The van der Waals surface area contributed by atoms with Gasteiger partial charge < -0.3 is 14.0 Å². The van der Waals surface area contributed by atoms with Crippen molar-refractivity contribution in [3.63, 3.8) is 0 Å². The average molecular weight is 370 g/mol. The molecule has 0 aliphatic rings. The van der Waals surface area contributed by atoms with E-state index in [1.54, 1.807) is 14.2 Å². The number of rotatable bonds is 6. The maximum Gasteiger partial charge on any atom is 0.161 e. The van der Waals surface area contributed by atoms with E-state index in [1.807, 2.05) is 48.5 Å². The first-order chi connectivity index (χ1) is 13.8. The Labute approximate surface area is 164 Å². The fourth-order valence-electron chi connectivity index (χ4n) is 3.28. The third kappa shape index (κ3) is 3.62.